The molecule has 30 heavy (non-hydrogen) atoms. The number of pyridine rings is 1. The minimum Gasteiger partial charge on any atom is -0.447 e. The molecule has 6 nitrogen and oxygen atoms in total. The van der Waals surface area contributed by atoms with Crippen LogP contribution in [-0.2, 0) is 4.74 Å². The Hall–Kier alpha value is -2.11. The Bertz CT molecular complexity index is 992. The normalized spacial score (nSPS) is 14.6. The molecule has 2 aromatic heterocycles. The zero-order chi connectivity index (χ0) is 22.1. The Morgan fingerprint density at radius 1 is 1.13 bits per heavy atom. The van der Waals surface area contributed by atoms with Gasteiger partial charge in [-0.3, -0.25) is 4.90 Å². The van der Waals surface area contributed by atoms with Gasteiger partial charge < -0.3 is 4.74 Å². The molecule has 1 aliphatic heterocycles. The van der Waals surface area contributed by atoms with Crippen LogP contribution < -0.4 is 4.90 Å². The average Bonchev–Trinajstić information content (AvgIpc) is 3.12. The second kappa shape index (κ2) is 8.94. The molecule has 8 heteroatoms. The minimum atomic E-state index is -1.91. The van der Waals surface area contributed by atoms with Gasteiger partial charge in [0.2, 0.25) is 0 Å². The Labute approximate surface area is 184 Å². The van der Waals surface area contributed by atoms with E-state index in [2.05, 4.69) is 68.0 Å². The van der Waals surface area contributed by atoms with E-state index < -0.39 is 8.07 Å². The first-order valence-corrected chi connectivity index (χ1v) is 13.9. The van der Waals surface area contributed by atoms with Gasteiger partial charge in [0.05, 0.1) is 11.9 Å². The lowest BCUT2D eigenvalue weighted by atomic mass is 10.2. The Morgan fingerprint density at radius 2 is 1.80 bits per heavy atom. The Kier molecular flexibility index (Phi) is 6.73. The smallest absolute Gasteiger partial charge is 0.415 e. The van der Waals surface area contributed by atoms with Gasteiger partial charge in [0.15, 0.2) is 10.8 Å². The first-order chi connectivity index (χ1) is 14.2. The van der Waals surface area contributed by atoms with Gasteiger partial charge >= 0.3 is 6.09 Å². The van der Waals surface area contributed by atoms with Crippen LogP contribution in [-0.4, -0.2) is 48.5 Å². The van der Waals surface area contributed by atoms with E-state index in [4.69, 9.17) is 4.74 Å². The zero-order valence-electron chi connectivity index (χ0n) is 18.8. The summed E-state index contributed by atoms with van der Waals surface area (Å²) in [5.74, 6) is 4.03. The van der Waals surface area contributed by atoms with E-state index in [0.29, 0.717) is 46.4 Å². The van der Waals surface area contributed by atoms with Crippen molar-refractivity contribution in [1.82, 2.24) is 15.0 Å². The van der Waals surface area contributed by atoms with Crippen molar-refractivity contribution in [2.45, 2.75) is 63.3 Å². The van der Waals surface area contributed by atoms with Crippen molar-refractivity contribution in [3.8, 4) is 11.5 Å². The second-order valence-corrected chi connectivity index (χ2v) is 14.9. The van der Waals surface area contributed by atoms with Crippen molar-refractivity contribution in [3.63, 3.8) is 0 Å². The maximum atomic E-state index is 12.1. The predicted molar refractivity (Wildman–Crippen MR) is 126 cm³/mol. The summed E-state index contributed by atoms with van der Waals surface area (Å²) in [6.45, 7) is 14.6. The lowest BCUT2D eigenvalue weighted by molar-refractivity contribution is 0.181. The summed E-state index contributed by atoms with van der Waals surface area (Å²) in [5.41, 5.74) is 6.74. The molecule has 160 valence electrons. The monoisotopic (exact) mass is 442 g/mol. The van der Waals surface area contributed by atoms with Crippen LogP contribution in [0.15, 0.2) is 17.4 Å². The van der Waals surface area contributed by atoms with Gasteiger partial charge in [-0.1, -0.05) is 59.2 Å². The maximum Gasteiger partial charge on any atom is 0.415 e. The lowest BCUT2D eigenvalue weighted by Gasteiger charge is -2.38. The van der Waals surface area contributed by atoms with E-state index in [9.17, 15) is 4.79 Å². The number of cyclic esters (lactones) is 1. The zero-order valence-corrected chi connectivity index (χ0v) is 20.6. The summed E-state index contributed by atoms with van der Waals surface area (Å²) < 4.78 is 5.11. The quantitative estimate of drug-likeness (QED) is 0.272. The molecule has 0 aliphatic carbocycles. The first-order valence-electron chi connectivity index (χ1n) is 10.4. The number of thioether (sulfide) groups is 1. The highest BCUT2D eigenvalue weighted by molar-refractivity contribution is 7.98. The van der Waals surface area contributed by atoms with Crippen LogP contribution in [0.4, 0.5) is 10.6 Å². The third-order valence-corrected chi connectivity index (χ3v) is 12.9. The number of hydrogen-bond acceptors (Lipinski definition) is 6. The number of carbonyl (C=O) groups excluding carboxylic acids is 1. The van der Waals surface area contributed by atoms with Crippen LogP contribution in [0.2, 0.25) is 16.6 Å². The number of ether oxygens (including phenoxy) is 1. The van der Waals surface area contributed by atoms with E-state index in [-0.39, 0.29) is 6.09 Å². The molecule has 3 rings (SSSR count). The fourth-order valence-electron chi connectivity index (χ4n) is 4.53. The molecular weight excluding hydrogens is 412 g/mol. The number of rotatable bonds is 5. The average molecular weight is 443 g/mol. The highest BCUT2D eigenvalue weighted by atomic mass is 32.2. The van der Waals surface area contributed by atoms with Gasteiger partial charge in [0.25, 0.3) is 0 Å². The Morgan fingerprint density at radius 3 is 2.33 bits per heavy atom. The highest BCUT2D eigenvalue weighted by Gasteiger charge is 2.41. The number of nitrogens with zero attached hydrogens (tertiary/aromatic N) is 4. The third-order valence-electron chi connectivity index (χ3n) is 6.03. The fourth-order valence-corrected chi connectivity index (χ4v) is 10.1. The highest BCUT2D eigenvalue weighted by Crippen LogP contribution is 2.41. The van der Waals surface area contributed by atoms with E-state index in [1.807, 2.05) is 12.3 Å². The molecule has 0 spiro atoms. The van der Waals surface area contributed by atoms with Crippen molar-refractivity contribution in [3.05, 3.63) is 17.8 Å². The molecule has 1 fully saturated rings. The van der Waals surface area contributed by atoms with Gasteiger partial charge in [-0.15, -0.1) is 5.54 Å². The van der Waals surface area contributed by atoms with Crippen LogP contribution in [0, 0.1) is 11.5 Å². The van der Waals surface area contributed by atoms with Crippen molar-refractivity contribution in [2.75, 3.05) is 24.3 Å². The summed E-state index contributed by atoms with van der Waals surface area (Å²) >= 11 is 1.46. The van der Waals surface area contributed by atoms with E-state index >= 15 is 0 Å². The molecule has 0 atom stereocenters. The third kappa shape index (κ3) is 4.05. The van der Waals surface area contributed by atoms with E-state index in [1.165, 1.54) is 11.8 Å². The van der Waals surface area contributed by atoms with Crippen molar-refractivity contribution in [1.29, 1.82) is 0 Å². The van der Waals surface area contributed by atoms with Crippen LogP contribution in [0.25, 0.3) is 11.0 Å². The molecule has 0 N–H and O–H groups in total. The van der Waals surface area contributed by atoms with Crippen LogP contribution in [0.5, 0.6) is 0 Å². The molecule has 1 aliphatic rings. The molecule has 0 unspecified atom stereocenters. The van der Waals surface area contributed by atoms with Crippen molar-refractivity contribution in [2.24, 2.45) is 0 Å². The molecule has 1 amide bonds. The molecule has 3 heterocycles. The summed E-state index contributed by atoms with van der Waals surface area (Å²) in [6.07, 6.45) is 3.34. The van der Waals surface area contributed by atoms with E-state index in [1.54, 1.807) is 11.1 Å². The van der Waals surface area contributed by atoms with Crippen LogP contribution >= 0.6 is 11.8 Å². The van der Waals surface area contributed by atoms with Crippen LogP contribution in [0.3, 0.4) is 0 Å². The lowest BCUT2D eigenvalue weighted by Crippen LogP contribution is -2.43. The summed E-state index contributed by atoms with van der Waals surface area (Å²) in [7, 11) is -1.91. The van der Waals surface area contributed by atoms with Gasteiger partial charge in [-0.25, -0.2) is 19.7 Å². The number of fused-ring (bicyclic) bond motifs is 1. The minimum absolute atomic E-state index is 0.365. The number of anilines is 1. The fraction of sp³-hybridized carbons (Fsp3) is 0.545. The van der Waals surface area contributed by atoms with Crippen molar-refractivity contribution < 1.29 is 9.53 Å². The molecular formula is C22H30N4O2SSi. The summed E-state index contributed by atoms with van der Waals surface area (Å²) in [4.78, 5) is 27.3. The molecule has 1 saturated heterocycles. The van der Waals surface area contributed by atoms with E-state index in [0.717, 1.165) is 10.9 Å². The number of carbonyl (C=O) groups is 1. The SMILES string of the molecule is CSc1ncc2c(C#C[Si](C(C)C)(C(C)C)C(C)C)cc(N3CCOC3=O)nc2n1. The van der Waals surface area contributed by atoms with Gasteiger partial charge in [-0.05, 0) is 28.9 Å². The van der Waals surface area contributed by atoms with Gasteiger partial charge in [-0.2, -0.15) is 0 Å². The summed E-state index contributed by atoms with van der Waals surface area (Å²) in [6, 6.07) is 1.88. The standard InChI is InChI=1S/C22H30N4O2SSi/c1-14(2)30(15(3)4,16(5)6)11-8-17-12-19(26-9-10-28-22(26)27)24-20-18(17)13-23-21(25-20)29-7/h12-16H,9-10H2,1-7H3. The molecule has 2 aromatic rings. The Balaban J connectivity index is 2.22. The number of hydrogen-bond donors (Lipinski definition) is 0. The maximum absolute atomic E-state index is 12.1. The molecule has 0 aromatic carbocycles. The van der Waals surface area contributed by atoms with Gasteiger partial charge in [0.1, 0.15) is 20.5 Å². The predicted octanol–water partition coefficient (Wildman–Crippen LogP) is 5.27. The number of amides is 1. The number of aromatic nitrogens is 3. The molecule has 0 bridgehead atoms. The largest absolute Gasteiger partial charge is 0.447 e. The molecule has 0 radical (unpaired) electrons. The van der Waals surface area contributed by atoms with Gasteiger partial charge in [0, 0.05) is 11.8 Å². The summed E-state index contributed by atoms with van der Waals surface area (Å²) in [5, 5.41) is 1.46. The van der Waals surface area contributed by atoms with Crippen LogP contribution in [0.1, 0.15) is 47.1 Å². The molecule has 0 saturated carbocycles. The van der Waals surface area contributed by atoms with Crippen molar-refractivity contribution >= 4 is 42.8 Å². The topological polar surface area (TPSA) is 68.2 Å². The second-order valence-electron chi connectivity index (χ2n) is 8.54. The first kappa shape index (κ1) is 22.6.